The summed E-state index contributed by atoms with van der Waals surface area (Å²) in [7, 11) is 0. The van der Waals surface area contributed by atoms with E-state index in [0.29, 0.717) is 36.5 Å². The van der Waals surface area contributed by atoms with Crippen LogP contribution < -0.4 is 10.6 Å². The molecule has 0 aliphatic rings. The number of benzene rings is 2. The summed E-state index contributed by atoms with van der Waals surface area (Å²) in [6, 6.07) is 18.0. The highest BCUT2D eigenvalue weighted by Gasteiger charge is 2.08. The molecule has 3 rings (SSSR count). The standard InChI is InChI=1S/C22H22FN3O/c1-16-6-2-3-8-19(16)15-26-22(27)18-11-13-25-21(14-18)24-12-10-17-7-4-5-9-20(17)23/h2-9,11,13-14H,10,12,15H2,1H3,(H,24,25)(H,26,27). The van der Waals surface area contributed by atoms with Crippen molar-refractivity contribution in [2.24, 2.45) is 0 Å². The molecule has 0 aliphatic heterocycles. The zero-order valence-electron chi connectivity index (χ0n) is 15.2. The Morgan fingerprint density at radius 3 is 2.56 bits per heavy atom. The van der Waals surface area contributed by atoms with E-state index in [-0.39, 0.29) is 11.7 Å². The summed E-state index contributed by atoms with van der Waals surface area (Å²) in [6.07, 6.45) is 2.13. The van der Waals surface area contributed by atoms with Crippen LogP contribution in [-0.2, 0) is 13.0 Å². The molecule has 0 atom stereocenters. The van der Waals surface area contributed by atoms with Crippen molar-refractivity contribution in [1.82, 2.24) is 10.3 Å². The van der Waals surface area contributed by atoms with Gasteiger partial charge in [0.2, 0.25) is 0 Å². The summed E-state index contributed by atoms with van der Waals surface area (Å²) in [5.41, 5.74) is 3.41. The van der Waals surface area contributed by atoms with Gasteiger partial charge in [0.05, 0.1) is 0 Å². The number of carbonyl (C=O) groups is 1. The second kappa shape index (κ2) is 8.94. The zero-order valence-corrected chi connectivity index (χ0v) is 15.2. The maximum Gasteiger partial charge on any atom is 0.251 e. The maximum atomic E-state index is 13.6. The third-order valence-electron chi connectivity index (χ3n) is 4.38. The second-order valence-corrected chi connectivity index (χ2v) is 6.31. The van der Waals surface area contributed by atoms with E-state index in [1.54, 1.807) is 30.5 Å². The van der Waals surface area contributed by atoms with Crippen molar-refractivity contribution in [3.63, 3.8) is 0 Å². The fourth-order valence-electron chi connectivity index (χ4n) is 2.78. The first kappa shape index (κ1) is 18.6. The van der Waals surface area contributed by atoms with Gasteiger partial charge in [-0.2, -0.15) is 0 Å². The normalized spacial score (nSPS) is 10.4. The van der Waals surface area contributed by atoms with Gasteiger partial charge in [-0.15, -0.1) is 0 Å². The van der Waals surface area contributed by atoms with E-state index in [1.165, 1.54) is 6.07 Å². The summed E-state index contributed by atoms with van der Waals surface area (Å²) in [5.74, 6) is 0.226. The minimum Gasteiger partial charge on any atom is -0.370 e. The van der Waals surface area contributed by atoms with E-state index < -0.39 is 0 Å². The predicted octanol–water partition coefficient (Wildman–Crippen LogP) is 4.11. The van der Waals surface area contributed by atoms with Crippen LogP contribution in [0.2, 0.25) is 0 Å². The molecule has 0 radical (unpaired) electrons. The van der Waals surface area contributed by atoms with Crippen molar-refractivity contribution < 1.29 is 9.18 Å². The smallest absolute Gasteiger partial charge is 0.251 e. The molecule has 5 heteroatoms. The summed E-state index contributed by atoms with van der Waals surface area (Å²) in [5, 5.41) is 6.07. The SMILES string of the molecule is Cc1ccccc1CNC(=O)c1ccnc(NCCc2ccccc2F)c1. The van der Waals surface area contributed by atoms with Crippen molar-refractivity contribution in [3.05, 3.63) is 94.9 Å². The van der Waals surface area contributed by atoms with Crippen LogP contribution >= 0.6 is 0 Å². The van der Waals surface area contributed by atoms with Crippen molar-refractivity contribution in [2.75, 3.05) is 11.9 Å². The van der Waals surface area contributed by atoms with Crippen LogP contribution in [0.15, 0.2) is 66.9 Å². The Bertz CT molecular complexity index is 927. The average Bonchev–Trinajstić information content (AvgIpc) is 2.69. The van der Waals surface area contributed by atoms with E-state index >= 15 is 0 Å². The molecule has 27 heavy (non-hydrogen) atoms. The van der Waals surface area contributed by atoms with Gasteiger partial charge >= 0.3 is 0 Å². The number of amides is 1. The Kier molecular flexibility index (Phi) is 6.15. The number of hydrogen-bond donors (Lipinski definition) is 2. The maximum absolute atomic E-state index is 13.6. The van der Waals surface area contributed by atoms with Crippen LogP contribution in [-0.4, -0.2) is 17.4 Å². The quantitative estimate of drug-likeness (QED) is 0.664. The van der Waals surface area contributed by atoms with Crippen LogP contribution in [0.3, 0.4) is 0 Å². The van der Waals surface area contributed by atoms with Gasteiger partial charge < -0.3 is 10.6 Å². The minimum atomic E-state index is -0.211. The molecule has 0 fully saturated rings. The monoisotopic (exact) mass is 363 g/mol. The Morgan fingerprint density at radius 1 is 1.04 bits per heavy atom. The van der Waals surface area contributed by atoms with Gasteiger partial charge in [-0.25, -0.2) is 9.37 Å². The van der Waals surface area contributed by atoms with Gasteiger partial charge in [0.15, 0.2) is 0 Å². The fourth-order valence-corrected chi connectivity index (χ4v) is 2.78. The van der Waals surface area contributed by atoms with E-state index in [2.05, 4.69) is 15.6 Å². The lowest BCUT2D eigenvalue weighted by Gasteiger charge is -2.10. The number of aryl methyl sites for hydroxylation is 1. The molecular formula is C22H22FN3O. The van der Waals surface area contributed by atoms with Crippen LogP contribution in [0.1, 0.15) is 27.0 Å². The van der Waals surface area contributed by atoms with E-state index in [1.807, 2.05) is 37.3 Å². The minimum absolute atomic E-state index is 0.155. The fraction of sp³-hybridized carbons (Fsp3) is 0.182. The number of rotatable bonds is 7. The lowest BCUT2D eigenvalue weighted by atomic mass is 10.1. The van der Waals surface area contributed by atoms with E-state index in [4.69, 9.17) is 0 Å². The molecule has 0 saturated carbocycles. The first-order valence-corrected chi connectivity index (χ1v) is 8.89. The third kappa shape index (κ3) is 5.14. The number of nitrogens with zero attached hydrogens (tertiary/aromatic N) is 1. The molecule has 2 N–H and O–H groups in total. The van der Waals surface area contributed by atoms with E-state index in [9.17, 15) is 9.18 Å². The van der Waals surface area contributed by atoms with E-state index in [0.717, 1.165) is 11.1 Å². The Hall–Kier alpha value is -3.21. The molecular weight excluding hydrogens is 341 g/mol. The summed E-state index contributed by atoms with van der Waals surface area (Å²) in [4.78, 5) is 16.6. The molecule has 4 nitrogen and oxygen atoms in total. The number of halogens is 1. The molecule has 1 heterocycles. The van der Waals surface area contributed by atoms with Crippen molar-refractivity contribution in [2.45, 2.75) is 19.9 Å². The van der Waals surface area contributed by atoms with Gasteiger partial charge in [0.1, 0.15) is 11.6 Å². The Labute approximate surface area is 158 Å². The highest BCUT2D eigenvalue weighted by atomic mass is 19.1. The van der Waals surface area contributed by atoms with Gasteiger partial charge in [-0.3, -0.25) is 4.79 Å². The van der Waals surface area contributed by atoms with Crippen LogP contribution in [0.5, 0.6) is 0 Å². The zero-order chi connectivity index (χ0) is 19.1. The highest BCUT2D eigenvalue weighted by molar-refractivity contribution is 5.94. The molecule has 0 aliphatic carbocycles. The number of aromatic nitrogens is 1. The van der Waals surface area contributed by atoms with Crippen molar-refractivity contribution >= 4 is 11.7 Å². The average molecular weight is 363 g/mol. The molecule has 0 unspecified atom stereocenters. The second-order valence-electron chi connectivity index (χ2n) is 6.31. The van der Waals surface area contributed by atoms with Gasteiger partial charge in [-0.05, 0) is 48.2 Å². The van der Waals surface area contributed by atoms with Crippen LogP contribution in [0, 0.1) is 12.7 Å². The Balaban J connectivity index is 1.55. The van der Waals surface area contributed by atoms with Gasteiger partial charge in [-0.1, -0.05) is 42.5 Å². The van der Waals surface area contributed by atoms with Crippen molar-refractivity contribution in [3.8, 4) is 0 Å². The van der Waals surface area contributed by atoms with Crippen LogP contribution in [0.25, 0.3) is 0 Å². The number of pyridine rings is 1. The number of carbonyl (C=O) groups excluding carboxylic acids is 1. The highest BCUT2D eigenvalue weighted by Crippen LogP contribution is 2.11. The van der Waals surface area contributed by atoms with Gasteiger partial charge in [0, 0.05) is 24.8 Å². The first-order valence-electron chi connectivity index (χ1n) is 8.89. The number of nitrogens with one attached hydrogen (secondary N) is 2. The first-order chi connectivity index (χ1) is 13.1. The summed E-state index contributed by atoms with van der Waals surface area (Å²) in [6.45, 7) is 3.03. The lowest BCUT2D eigenvalue weighted by Crippen LogP contribution is -2.23. The number of anilines is 1. The van der Waals surface area contributed by atoms with Gasteiger partial charge in [0.25, 0.3) is 5.91 Å². The molecule has 0 bridgehead atoms. The molecule has 1 aromatic heterocycles. The van der Waals surface area contributed by atoms with Crippen LogP contribution in [0.4, 0.5) is 10.2 Å². The van der Waals surface area contributed by atoms with Crippen molar-refractivity contribution in [1.29, 1.82) is 0 Å². The molecule has 138 valence electrons. The molecule has 2 aromatic carbocycles. The lowest BCUT2D eigenvalue weighted by molar-refractivity contribution is 0.0951. The molecule has 3 aromatic rings. The number of hydrogen-bond acceptors (Lipinski definition) is 3. The molecule has 0 saturated heterocycles. The summed E-state index contributed by atoms with van der Waals surface area (Å²) >= 11 is 0. The largest absolute Gasteiger partial charge is 0.370 e. The Morgan fingerprint density at radius 2 is 1.78 bits per heavy atom. The predicted molar refractivity (Wildman–Crippen MR) is 105 cm³/mol. The molecule has 1 amide bonds. The molecule has 0 spiro atoms. The summed E-state index contributed by atoms with van der Waals surface area (Å²) < 4.78 is 13.6. The topological polar surface area (TPSA) is 54.0 Å². The third-order valence-corrected chi connectivity index (χ3v) is 4.38.